The number of hydroxylamine groups is 2. The average molecular weight is 707 g/mol. The third-order valence-corrected chi connectivity index (χ3v) is 8.66. The Labute approximate surface area is 278 Å². The predicted molar refractivity (Wildman–Crippen MR) is 172 cm³/mol. The van der Waals surface area contributed by atoms with E-state index in [-0.39, 0.29) is 22.4 Å². The summed E-state index contributed by atoms with van der Waals surface area (Å²) in [4.78, 5) is 51.7. The molecular formula is C28H34N8O10S2. The molecule has 0 saturated carbocycles. The number of nitrogens with one attached hydrogen (secondary N) is 3. The molecular weight excluding hydrogens is 672 g/mol. The van der Waals surface area contributed by atoms with Gasteiger partial charge in [-0.25, -0.2) is 14.8 Å². The molecule has 4 heterocycles. The second-order valence-corrected chi connectivity index (χ2v) is 14.2. The Kier molecular flexibility index (Phi) is 9.48. The van der Waals surface area contributed by atoms with Crippen molar-refractivity contribution in [3.8, 4) is 5.75 Å². The summed E-state index contributed by atoms with van der Waals surface area (Å²) in [6, 6.07) is 7.70. The number of carbonyl (C=O) groups is 3. The minimum absolute atomic E-state index is 0.0500. The number of rotatable bonds is 13. The molecule has 2 fully saturated rings. The van der Waals surface area contributed by atoms with Gasteiger partial charge in [0, 0.05) is 28.9 Å². The number of nitrogens with zero attached hydrogens (tertiary/aromatic N) is 4. The maximum atomic E-state index is 13.2. The molecule has 2 saturated heterocycles. The minimum Gasteiger partial charge on any atom is -0.489 e. The number of anilines is 2. The summed E-state index contributed by atoms with van der Waals surface area (Å²) >= 11 is 0.961. The number of benzene rings is 1. The van der Waals surface area contributed by atoms with Crippen molar-refractivity contribution < 1.29 is 46.3 Å². The van der Waals surface area contributed by atoms with Gasteiger partial charge in [0.1, 0.15) is 29.9 Å². The van der Waals surface area contributed by atoms with Gasteiger partial charge < -0.3 is 36.4 Å². The summed E-state index contributed by atoms with van der Waals surface area (Å²) in [5.41, 5.74) is 4.42. The van der Waals surface area contributed by atoms with Crippen LogP contribution in [0.1, 0.15) is 39.8 Å². The molecule has 258 valence electrons. The molecule has 18 nitrogen and oxygen atoms in total. The number of carboxylic acid groups (broad SMARTS) is 1. The fourth-order valence-electron chi connectivity index (χ4n) is 5.20. The summed E-state index contributed by atoms with van der Waals surface area (Å²) in [5.74, 6) is -2.40. The highest BCUT2D eigenvalue weighted by molar-refractivity contribution is 7.80. The van der Waals surface area contributed by atoms with Crippen LogP contribution in [0.5, 0.6) is 5.75 Å². The Morgan fingerprint density at radius 1 is 1.23 bits per heavy atom. The number of β-lactam (4-membered cyclic amide) rings is 1. The zero-order valence-electron chi connectivity index (χ0n) is 26.2. The molecule has 0 spiro atoms. The lowest BCUT2D eigenvalue weighted by molar-refractivity contribution is -0.218. The van der Waals surface area contributed by atoms with E-state index in [0.717, 1.165) is 35.5 Å². The summed E-state index contributed by atoms with van der Waals surface area (Å²) < 4.78 is 41.2. The first-order valence-corrected chi connectivity index (χ1v) is 16.7. The number of amides is 2. The average Bonchev–Trinajstić information content (AvgIpc) is 3.58. The Hall–Kier alpha value is -4.63. The molecule has 48 heavy (non-hydrogen) atoms. The molecule has 20 heteroatoms. The zero-order valence-corrected chi connectivity index (χ0v) is 27.8. The van der Waals surface area contributed by atoms with Crippen molar-refractivity contribution in [2.45, 2.75) is 63.4 Å². The van der Waals surface area contributed by atoms with E-state index in [2.05, 4.69) is 49.2 Å². The number of nitrogens with two attached hydrogens (primary N) is 1. The highest BCUT2D eigenvalue weighted by Gasteiger charge is 2.58. The van der Waals surface area contributed by atoms with Crippen LogP contribution in [0.4, 0.5) is 10.9 Å². The highest BCUT2D eigenvalue weighted by Crippen LogP contribution is 2.33. The van der Waals surface area contributed by atoms with E-state index in [1.807, 2.05) is 12.1 Å². The van der Waals surface area contributed by atoms with Gasteiger partial charge in [-0.1, -0.05) is 5.16 Å². The monoisotopic (exact) mass is 706 g/mol. The molecule has 3 aromatic rings. The van der Waals surface area contributed by atoms with Gasteiger partial charge in [0.15, 0.2) is 10.8 Å². The summed E-state index contributed by atoms with van der Waals surface area (Å²) in [7, 11) is -5.02. The summed E-state index contributed by atoms with van der Waals surface area (Å²) in [5, 5.41) is 25.3. The first-order valence-electron chi connectivity index (χ1n) is 14.5. The van der Waals surface area contributed by atoms with Crippen LogP contribution in [-0.4, -0.2) is 99.0 Å². The normalized spacial score (nSPS) is 21.0. The highest BCUT2D eigenvalue weighted by atomic mass is 32.3. The summed E-state index contributed by atoms with van der Waals surface area (Å²) in [6.07, 6.45) is -0.735. The first kappa shape index (κ1) is 34.7. The van der Waals surface area contributed by atoms with Crippen molar-refractivity contribution in [3.05, 3.63) is 41.4 Å². The predicted octanol–water partition coefficient (Wildman–Crippen LogP) is 0.919. The molecule has 3 unspecified atom stereocenters. The number of hydrogen-bond donors (Lipinski definition) is 6. The Morgan fingerprint density at radius 3 is 2.58 bits per heavy atom. The second-order valence-electron chi connectivity index (χ2n) is 12.3. The number of hydrogen-bond acceptors (Lipinski definition) is 15. The van der Waals surface area contributed by atoms with Gasteiger partial charge in [-0.05, 0) is 64.4 Å². The van der Waals surface area contributed by atoms with Gasteiger partial charge in [0.05, 0.1) is 11.1 Å². The van der Waals surface area contributed by atoms with E-state index in [4.69, 9.17) is 19.9 Å². The van der Waals surface area contributed by atoms with Gasteiger partial charge in [-0.2, -0.15) is 13.5 Å². The number of ether oxygens (including phenoxy) is 1. The van der Waals surface area contributed by atoms with E-state index < -0.39 is 58.2 Å². The van der Waals surface area contributed by atoms with E-state index in [1.165, 1.54) is 19.2 Å². The van der Waals surface area contributed by atoms with E-state index in [9.17, 15) is 27.9 Å². The third-order valence-electron chi connectivity index (χ3n) is 7.65. The van der Waals surface area contributed by atoms with Crippen molar-refractivity contribution in [1.29, 1.82) is 0 Å². The van der Waals surface area contributed by atoms with Crippen LogP contribution in [0, 0.1) is 0 Å². The molecule has 0 bridgehead atoms. The number of fused-ring (bicyclic) bond motifs is 1. The lowest BCUT2D eigenvalue weighted by Crippen LogP contribution is -2.76. The lowest BCUT2D eigenvalue weighted by Gasteiger charge is -2.50. The molecule has 1 aromatic carbocycles. The van der Waals surface area contributed by atoms with Crippen molar-refractivity contribution in [3.63, 3.8) is 0 Å². The van der Waals surface area contributed by atoms with Crippen molar-refractivity contribution in [1.82, 2.24) is 25.7 Å². The third kappa shape index (κ3) is 7.90. The Morgan fingerprint density at radius 2 is 1.98 bits per heavy atom. The fraction of sp³-hybridized carbons (Fsp3) is 0.429. The molecule has 7 N–H and O–H groups in total. The number of pyridine rings is 1. The standard InChI is InChI=1S/C28H34N8O10S2/c1-27(2)10-15(11-30-27)31-20-8-5-14-9-16(6-7-17(14)32-20)44-12-19(25(39)40)45-35-21(18-13-47-26(29)33-18)23(37)34-22-24(38)36(28(22,3)4)46-48(41,42)43/h5-9,13,15,19,22,30H,10-12H2,1-4H3,(H2,29,33)(H,31,32)(H,34,37)(H,39,40)(H,41,42,43). The van der Waals surface area contributed by atoms with Crippen LogP contribution in [0.3, 0.4) is 0 Å². The van der Waals surface area contributed by atoms with Crippen molar-refractivity contribution >= 4 is 67.1 Å². The maximum Gasteiger partial charge on any atom is 0.418 e. The van der Waals surface area contributed by atoms with E-state index in [0.29, 0.717) is 16.3 Å². The number of nitrogen functional groups attached to an aromatic ring is 1. The number of oxime groups is 1. The van der Waals surface area contributed by atoms with Gasteiger partial charge in [0.2, 0.25) is 0 Å². The first-order chi connectivity index (χ1) is 22.4. The molecule has 2 aliphatic rings. The summed E-state index contributed by atoms with van der Waals surface area (Å²) in [6.45, 7) is 7.34. The topological polar surface area (TPSA) is 257 Å². The molecule has 5 rings (SSSR count). The quantitative estimate of drug-likeness (QED) is 0.0625. The lowest BCUT2D eigenvalue weighted by atomic mass is 9.84. The SMILES string of the molecule is CC1(C)CC(Nc2ccc3cc(OCC(ON=C(C(=O)NC4C(=O)N(OS(=O)(=O)O)C4(C)C)c4csc(N)n4)C(=O)O)ccc3n2)CN1. The smallest absolute Gasteiger partial charge is 0.418 e. The van der Waals surface area contributed by atoms with Gasteiger partial charge in [0.25, 0.3) is 17.9 Å². The van der Waals surface area contributed by atoms with Crippen LogP contribution in [-0.2, 0) is 33.9 Å². The number of aliphatic carboxylic acids is 1. The van der Waals surface area contributed by atoms with Gasteiger partial charge in [-0.3, -0.25) is 14.1 Å². The Bertz CT molecular complexity index is 1880. The molecule has 2 amide bonds. The molecule has 2 aromatic heterocycles. The molecule has 0 aliphatic carbocycles. The second kappa shape index (κ2) is 13.1. The molecule has 0 radical (unpaired) electrons. The van der Waals surface area contributed by atoms with Crippen LogP contribution in [0.25, 0.3) is 10.9 Å². The fourth-order valence-corrected chi connectivity index (χ4v) is 6.20. The van der Waals surface area contributed by atoms with Crippen LogP contribution in [0.2, 0.25) is 0 Å². The number of thiazole rings is 1. The van der Waals surface area contributed by atoms with Gasteiger partial charge in [-0.15, -0.1) is 15.6 Å². The number of carbonyl (C=O) groups excluding carboxylic acids is 2. The van der Waals surface area contributed by atoms with E-state index in [1.54, 1.807) is 18.2 Å². The van der Waals surface area contributed by atoms with Crippen LogP contribution < -0.4 is 26.4 Å². The van der Waals surface area contributed by atoms with Crippen LogP contribution in [0.15, 0.2) is 40.9 Å². The van der Waals surface area contributed by atoms with Crippen LogP contribution >= 0.6 is 11.3 Å². The number of aromatic nitrogens is 2. The molecule has 2 aliphatic heterocycles. The minimum atomic E-state index is -5.02. The van der Waals surface area contributed by atoms with E-state index >= 15 is 0 Å². The van der Waals surface area contributed by atoms with Crippen molar-refractivity contribution in [2.24, 2.45) is 5.16 Å². The zero-order chi connectivity index (χ0) is 35.0. The maximum absolute atomic E-state index is 13.2. The number of carboxylic acids is 1. The largest absolute Gasteiger partial charge is 0.489 e. The van der Waals surface area contributed by atoms with Gasteiger partial charge >= 0.3 is 16.4 Å². The van der Waals surface area contributed by atoms with Crippen molar-refractivity contribution in [2.75, 3.05) is 24.2 Å². The molecule has 3 atom stereocenters. The Balaban J connectivity index is 1.26.